The fraction of sp³-hybridized carbons (Fsp3) is 0.174. The number of benzene rings is 3. The van der Waals surface area contributed by atoms with Crippen LogP contribution in [0.15, 0.2) is 71.6 Å². The third kappa shape index (κ3) is 5.35. The van der Waals surface area contributed by atoms with Crippen LogP contribution in [0.25, 0.3) is 0 Å². The Kier molecular flexibility index (Phi) is 7.66. The molecular weight excluding hydrogens is 471 g/mol. The van der Waals surface area contributed by atoms with E-state index in [1.165, 1.54) is 50.6 Å². The number of methoxy groups -OCH3 is 1. The molecule has 1 amide bonds. The lowest BCUT2D eigenvalue weighted by molar-refractivity contribution is 0.0955. The Bertz CT molecular complexity index is 1220. The quantitative estimate of drug-likeness (QED) is 0.489. The zero-order chi connectivity index (χ0) is 23.3. The normalized spacial score (nSPS) is 11.1. The molecule has 3 aromatic carbocycles. The number of amides is 1. The van der Waals surface area contributed by atoms with Crippen molar-refractivity contribution in [2.75, 3.05) is 25.0 Å². The minimum absolute atomic E-state index is 0.111. The van der Waals surface area contributed by atoms with E-state index in [9.17, 15) is 13.2 Å². The minimum Gasteiger partial charge on any atom is -0.495 e. The largest absolute Gasteiger partial charge is 0.495 e. The van der Waals surface area contributed by atoms with E-state index < -0.39 is 15.9 Å². The predicted octanol–water partition coefficient (Wildman–Crippen LogP) is 4.80. The van der Waals surface area contributed by atoms with E-state index in [-0.39, 0.29) is 26.9 Å². The summed E-state index contributed by atoms with van der Waals surface area (Å²) in [4.78, 5) is 12.8. The maximum absolute atomic E-state index is 13.3. The number of hydrogen-bond acceptors (Lipinski definition) is 4. The molecule has 0 saturated carbocycles. The Balaban J connectivity index is 1.89. The summed E-state index contributed by atoms with van der Waals surface area (Å²) in [6.45, 7) is 0.382. The average molecular weight is 493 g/mol. The van der Waals surface area contributed by atoms with E-state index in [1.54, 1.807) is 0 Å². The number of anilines is 1. The molecule has 32 heavy (non-hydrogen) atoms. The molecule has 1 N–H and O–H groups in total. The molecule has 3 aromatic rings. The number of carbonyl (C=O) groups excluding carboxylic acids is 1. The molecule has 0 aliphatic carbocycles. The lowest BCUT2D eigenvalue weighted by Gasteiger charge is -2.23. The second-order valence-corrected chi connectivity index (χ2v) is 9.73. The molecule has 3 rings (SSSR count). The Morgan fingerprint density at radius 1 is 1.00 bits per heavy atom. The van der Waals surface area contributed by atoms with Gasteiger partial charge in [0.05, 0.1) is 18.4 Å². The molecule has 0 aromatic heterocycles. The van der Waals surface area contributed by atoms with Gasteiger partial charge in [0.15, 0.2) is 0 Å². The van der Waals surface area contributed by atoms with E-state index >= 15 is 0 Å². The van der Waals surface area contributed by atoms with Gasteiger partial charge >= 0.3 is 0 Å². The number of rotatable bonds is 8. The van der Waals surface area contributed by atoms with Crippen LogP contribution in [0.5, 0.6) is 5.75 Å². The van der Waals surface area contributed by atoms with Gasteiger partial charge in [0.1, 0.15) is 10.6 Å². The number of sulfonamides is 1. The first-order chi connectivity index (χ1) is 15.2. The predicted molar refractivity (Wildman–Crippen MR) is 128 cm³/mol. The van der Waals surface area contributed by atoms with Crippen LogP contribution < -0.4 is 14.4 Å². The van der Waals surface area contributed by atoms with Crippen LogP contribution in [-0.2, 0) is 16.4 Å². The van der Waals surface area contributed by atoms with E-state index in [0.29, 0.717) is 18.0 Å². The van der Waals surface area contributed by atoms with Gasteiger partial charge in [-0.1, -0.05) is 53.5 Å². The highest BCUT2D eigenvalue weighted by atomic mass is 35.5. The lowest BCUT2D eigenvalue weighted by Crippen LogP contribution is -2.31. The Morgan fingerprint density at radius 2 is 1.66 bits per heavy atom. The van der Waals surface area contributed by atoms with E-state index in [2.05, 4.69) is 5.32 Å². The van der Waals surface area contributed by atoms with Crippen molar-refractivity contribution in [1.82, 2.24) is 5.32 Å². The van der Waals surface area contributed by atoms with E-state index in [1.807, 2.05) is 30.3 Å². The van der Waals surface area contributed by atoms with Crippen molar-refractivity contribution in [1.29, 1.82) is 0 Å². The summed E-state index contributed by atoms with van der Waals surface area (Å²) in [5.41, 5.74) is 1.39. The monoisotopic (exact) mass is 492 g/mol. The third-order valence-electron chi connectivity index (χ3n) is 4.85. The summed E-state index contributed by atoms with van der Waals surface area (Å²) in [6, 6.07) is 18.5. The fourth-order valence-electron chi connectivity index (χ4n) is 3.15. The molecule has 0 unspecified atom stereocenters. The summed E-state index contributed by atoms with van der Waals surface area (Å²) < 4.78 is 32.9. The van der Waals surface area contributed by atoms with Crippen LogP contribution in [-0.4, -0.2) is 35.0 Å². The molecule has 0 atom stereocenters. The summed E-state index contributed by atoms with van der Waals surface area (Å²) in [5, 5.41) is 3.38. The fourth-order valence-corrected chi connectivity index (χ4v) is 4.96. The average Bonchev–Trinajstić information content (AvgIpc) is 2.79. The number of carbonyl (C=O) groups is 1. The van der Waals surface area contributed by atoms with Crippen molar-refractivity contribution in [3.05, 3.63) is 87.9 Å². The van der Waals surface area contributed by atoms with Crippen LogP contribution >= 0.6 is 23.2 Å². The van der Waals surface area contributed by atoms with Gasteiger partial charge in [0.25, 0.3) is 15.9 Å². The number of nitrogens with zero attached hydrogens (tertiary/aromatic N) is 1. The first-order valence-electron chi connectivity index (χ1n) is 9.68. The highest BCUT2D eigenvalue weighted by molar-refractivity contribution is 7.93. The molecule has 0 heterocycles. The molecule has 0 bridgehead atoms. The molecule has 0 radical (unpaired) electrons. The first-order valence-corrected chi connectivity index (χ1v) is 11.9. The summed E-state index contributed by atoms with van der Waals surface area (Å²) >= 11 is 12.1. The summed E-state index contributed by atoms with van der Waals surface area (Å²) in [5.74, 6) is -0.289. The van der Waals surface area contributed by atoms with Crippen molar-refractivity contribution in [2.24, 2.45) is 0 Å². The Labute approximate surface area is 197 Å². The molecule has 0 aliphatic heterocycles. The van der Waals surface area contributed by atoms with Crippen molar-refractivity contribution in [3.8, 4) is 5.75 Å². The van der Waals surface area contributed by atoms with Gasteiger partial charge in [-0.25, -0.2) is 8.42 Å². The number of halogens is 2. The summed E-state index contributed by atoms with van der Waals surface area (Å²) in [7, 11) is -1.36. The van der Waals surface area contributed by atoms with Crippen molar-refractivity contribution < 1.29 is 17.9 Å². The number of nitrogens with one attached hydrogen (secondary N) is 1. The van der Waals surface area contributed by atoms with Gasteiger partial charge in [0, 0.05) is 23.6 Å². The van der Waals surface area contributed by atoms with Gasteiger partial charge in [0.2, 0.25) is 0 Å². The van der Waals surface area contributed by atoms with Gasteiger partial charge in [-0.05, 0) is 48.4 Å². The van der Waals surface area contributed by atoms with Crippen molar-refractivity contribution in [2.45, 2.75) is 11.3 Å². The topological polar surface area (TPSA) is 75.7 Å². The maximum atomic E-state index is 13.3. The zero-order valence-electron chi connectivity index (χ0n) is 17.5. The van der Waals surface area contributed by atoms with Crippen LogP contribution in [0.1, 0.15) is 15.9 Å². The molecule has 0 aliphatic rings. The standard InChI is InChI=1S/C23H22Cl2N2O4S/c1-27(32(29,30)22-15-18(25)9-11-21(22)31-2)20-10-8-17(24)14-19(20)23(28)26-13-12-16-6-4-3-5-7-16/h3-11,14-15H,12-13H2,1-2H3,(H,26,28). The second-order valence-electron chi connectivity index (χ2n) is 6.92. The molecule has 168 valence electrons. The van der Waals surface area contributed by atoms with Gasteiger partial charge in [-0.3, -0.25) is 9.10 Å². The van der Waals surface area contributed by atoms with Gasteiger partial charge in [-0.15, -0.1) is 0 Å². The maximum Gasteiger partial charge on any atom is 0.267 e. The highest BCUT2D eigenvalue weighted by Gasteiger charge is 2.28. The molecule has 0 spiro atoms. The molecular formula is C23H22Cl2N2O4S. The SMILES string of the molecule is COc1ccc(Cl)cc1S(=O)(=O)N(C)c1ccc(Cl)cc1C(=O)NCCc1ccccc1. The van der Waals surface area contributed by atoms with E-state index in [0.717, 1.165) is 9.87 Å². The van der Waals surface area contributed by atoms with Gasteiger partial charge in [-0.2, -0.15) is 0 Å². The molecule has 9 heteroatoms. The second kappa shape index (κ2) is 10.3. The highest BCUT2D eigenvalue weighted by Crippen LogP contribution is 2.33. The Morgan fingerprint density at radius 3 is 2.34 bits per heavy atom. The van der Waals surface area contributed by atoms with Crippen molar-refractivity contribution in [3.63, 3.8) is 0 Å². The smallest absolute Gasteiger partial charge is 0.267 e. The number of ether oxygens (including phenoxy) is 1. The lowest BCUT2D eigenvalue weighted by atomic mass is 10.1. The molecule has 0 fully saturated rings. The van der Waals surface area contributed by atoms with Crippen LogP contribution in [0.2, 0.25) is 10.0 Å². The summed E-state index contributed by atoms with van der Waals surface area (Å²) in [6.07, 6.45) is 0.635. The zero-order valence-corrected chi connectivity index (χ0v) is 19.8. The molecule has 0 saturated heterocycles. The molecule has 6 nitrogen and oxygen atoms in total. The Hall–Kier alpha value is -2.74. The van der Waals surface area contributed by atoms with Crippen LogP contribution in [0.3, 0.4) is 0 Å². The van der Waals surface area contributed by atoms with Crippen LogP contribution in [0, 0.1) is 0 Å². The first kappa shape index (κ1) is 23.9. The third-order valence-corrected chi connectivity index (χ3v) is 7.11. The minimum atomic E-state index is -4.09. The van der Waals surface area contributed by atoms with Crippen LogP contribution in [0.4, 0.5) is 5.69 Å². The van der Waals surface area contributed by atoms with Crippen molar-refractivity contribution >= 4 is 44.8 Å². The number of hydrogen-bond donors (Lipinski definition) is 1. The van der Waals surface area contributed by atoms with E-state index in [4.69, 9.17) is 27.9 Å². The van der Waals surface area contributed by atoms with Gasteiger partial charge < -0.3 is 10.1 Å².